The molecule has 1 amide bonds. The molecule has 1 atom stereocenters. The number of rotatable bonds is 3. The number of amides is 1. The molecule has 0 bridgehead atoms. The summed E-state index contributed by atoms with van der Waals surface area (Å²) in [5, 5.41) is 5.11. The van der Waals surface area contributed by atoms with Crippen molar-refractivity contribution in [3.8, 4) is 11.4 Å². The molecule has 3 aromatic heterocycles. The van der Waals surface area contributed by atoms with Gasteiger partial charge in [0.2, 0.25) is 5.82 Å². The summed E-state index contributed by atoms with van der Waals surface area (Å²) in [6.07, 6.45) is 2.89. The van der Waals surface area contributed by atoms with E-state index in [0.29, 0.717) is 37.0 Å². The molecule has 30 heavy (non-hydrogen) atoms. The Bertz CT molecular complexity index is 1210. The molecule has 0 aliphatic carbocycles. The first-order valence-corrected chi connectivity index (χ1v) is 9.84. The van der Waals surface area contributed by atoms with E-state index in [-0.39, 0.29) is 5.91 Å². The second-order valence-electron chi connectivity index (χ2n) is 7.41. The van der Waals surface area contributed by atoms with Crippen LogP contribution in [0.1, 0.15) is 33.6 Å². The van der Waals surface area contributed by atoms with Crippen LogP contribution in [0.4, 0.5) is 0 Å². The molecule has 1 aliphatic rings. The van der Waals surface area contributed by atoms with Crippen LogP contribution in [0.3, 0.4) is 0 Å². The second kappa shape index (κ2) is 7.38. The molecule has 8 heteroatoms. The highest BCUT2D eigenvalue weighted by Gasteiger charge is 2.31. The number of carbonyl (C=O) groups excluding carboxylic acids is 1. The summed E-state index contributed by atoms with van der Waals surface area (Å²) in [6, 6.07) is 9.44. The standard InChI is InChI=1S/C22H21N5O3/c1-13-14(2)24-19-16(13)4-3-5-17(19)22(28)27-10-11-29-18(12-27)21-25-20(26-30-21)15-6-8-23-9-7-15/h3-9,18,24H,10-12H2,1-2H3/t18-/m1/s1. The van der Waals surface area contributed by atoms with E-state index in [1.165, 1.54) is 0 Å². The fourth-order valence-electron chi connectivity index (χ4n) is 3.80. The summed E-state index contributed by atoms with van der Waals surface area (Å²) in [7, 11) is 0. The van der Waals surface area contributed by atoms with E-state index in [4.69, 9.17) is 9.26 Å². The van der Waals surface area contributed by atoms with Gasteiger partial charge in [-0.2, -0.15) is 4.98 Å². The highest BCUT2D eigenvalue weighted by atomic mass is 16.5. The van der Waals surface area contributed by atoms with E-state index >= 15 is 0 Å². The van der Waals surface area contributed by atoms with Crippen LogP contribution in [0.5, 0.6) is 0 Å². The topological polar surface area (TPSA) is 97.1 Å². The third kappa shape index (κ3) is 3.15. The van der Waals surface area contributed by atoms with Gasteiger partial charge in [0.25, 0.3) is 11.8 Å². The molecule has 1 fully saturated rings. The van der Waals surface area contributed by atoms with E-state index in [0.717, 1.165) is 27.7 Å². The number of ether oxygens (including phenoxy) is 1. The van der Waals surface area contributed by atoms with Gasteiger partial charge in [0.1, 0.15) is 0 Å². The first-order valence-electron chi connectivity index (χ1n) is 9.84. The number of aromatic amines is 1. The Morgan fingerprint density at radius 2 is 2.03 bits per heavy atom. The minimum Gasteiger partial charge on any atom is -0.365 e. The molecule has 152 valence electrons. The number of aryl methyl sites for hydroxylation is 2. The molecular formula is C22H21N5O3. The number of hydrogen-bond donors (Lipinski definition) is 1. The second-order valence-corrected chi connectivity index (χ2v) is 7.41. The fraction of sp³-hybridized carbons (Fsp3) is 0.273. The van der Waals surface area contributed by atoms with Crippen LogP contribution >= 0.6 is 0 Å². The Morgan fingerprint density at radius 1 is 1.20 bits per heavy atom. The molecule has 1 aromatic carbocycles. The number of morpholine rings is 1. The average molecular weight is 403 g/mol. The first kappa shape index (κ1) is 18.5. The number of fused-ring (bicyclic) bond motifs is 1. The number of H-pyrrole nitrogens is 1. The maximum absolute atomic E-state index is 13.3. The Hall–Kier alpha value is -3.52. The monoisotopic (exact) mass is 403 g/mol. The van der Waals surface area contributed by atoms with Gasteiger partial charge < -0.3 is 19.1 Å². The minimum atomic E-state index is -0.461. The van der Waals surface area contributed by atoms with Crippen LogP contribution in [0.15, 0.2) is 47.2 Å². The van der Waals surface area contributed by atoms with E-state index in [1.54, 1.807) is 17.3 Å². The van der Waals surface area contributed by atoms with Crippen LogP contribution in [-0.2, 0) is 4.74 Å². The molecule has 4 heterocycles. The SMILES string of the molecule is Cc1[nH]c2c(C(=O)N3CCO[C@@H](c4nc(-c5ccncc5)no4)C3)cccc2c1C. The maximum atomic E-state index is 13.3. The van der Waals surface area contributed by atoms with Crippen molar-refractivity contribution in [2.75, 3.05) is 19.7 Å². The molecule has 4 aromatic rings. The third-order valence-electron chi connectivity index (χ3n) is 5.58. The lowest BCUT2D eigenvalue weighted by Gasteiger charge is -2.31. The first-order chi connectivity index (χ1) is 14.6. The molecule has 1 N–H and O–H groups in total. The lowest BCUT2D eigenvalue weighted by atomic mass is 10.1. The highest BCUT2D eigenvalue weighted by molar-refractivity contribution is 6.06. The molecule has 1 saturated heterocycles. The summed E-state index contributed by atoms with van der Waals surface area (Å²) in [5.41, 5.74) is 4.58. The number of aromatic nitrogens is 4. The van der Waals surface area contributed by atoms with E-state index in [1.807, 2.05) is 37.3 Å². The van der Waals surface area contributed by atoms with Crippen molar-refractivity contribution in [3.05, 3.63) is 65.4 Å². The van der Waals surface area contributed by atoms with Crippen molar-refractivity contribution in [1.29, 1.82) is 0 Å². The van der Waals surface area contributed by atoms with Gasteiger partial charge >= 0.3 is 0 Å². The van der Waals surface area contributed by atoms with Gasteiger partial charge in [-0.1, -0.05) is 17.3 Å². The number of nitrogens with one attached hydrogen (secondary N) is 1. The van der Waals surface area contributed by atoms with Crippen molar-refractivity contribution in [2.45, 2.75) is 20.0 Å². The van der Waals surface area contributed by atoms with E-state index in [2.05, 4.69) is 27.0 Å². The number of hydrogen-bond acceptors (Lipinski definition) is 6. The van der Waals surface area contributed by atoms with Gasteiger partial charge in [0.15, 0.2) is 6.10 Å². The Morgan fingerprint density at radius 3 is 2.87 bits per heavy atom. The van der Waals surface area contributed by atoms with Crippen LogP contribution in [-0.4, -0.2) is 50.6 Å². The molecule has 0 radical (unpaired) electrons. The van der Waals surface area contributed by atoms with E-state index in [9.17, 15) is 4.79 Å². The fourth-order valence-corrected chi connectivity index (χ4v) is 3.80. The van der Waals surface area contributed by atoms with Crippen molar-refractivity contribution < 1.29 is 14.1 Å². The minimum absolute atomic E-state index is 0.0379. The Balaban J connectivity index is 1.39. The maximum Gasteiger partial charge on any atom is 0.257 e. The highest BCUT2D eigenvalue weighted by Crippen LogP contribution is 2.28. The van der Waals surface area contributed by atoms with Gasteiger partial charge in [0, 0.05) is 35.6 Å². The normalized spacial score (nSPS) is 16.9. The van der Waals surface area contributed by atoms with Gasteiger partial charge in [0.05, 0.1) is 24.2 Å². The molecule has 0 unspecified atom stereocenters. The predicted molar refractivity (Wildman–Crippen MR) is 110 cm³/mol. The summed E-state index contributed by atoms with van der Waals surface area (Å²) in [6.45, 7) is 5.34. The van der Waals surface area contributed by atoms with Crippen molar-refractivity contribution in [1.82, 2.24) is 25.0 Å². The smallest absolute Gasteiger partial charge is 0.257 e. The summed E-state index contributed by atoms with van der Waals surface area (Å²) < 4.78 is 11.3. The number of nitrogens with zero attached hydrogens (tertiary/aromatic N) is 4. The van der Waals surface area contributed by atoms with Gasteiger partial charge in [-0.25, -0.2) is 0 Å². The van der Waals surface area contributed by atoms with Crippen LogP contribution in [0.25, 0.3) is 22.3 Å². The quantitative estimate of drug-likeness (QED) is 0.563. The zero-order chi connectivity index (χ0) is 20.7. The van der Waals surface area contributed by atoms with Crippen LogP contribution in [0.2, 0.25) is 0 Å². The number of carbonyl (C=O) groups is 1. The lowest BCUT2D eigenvalue weighted by Crippen LogP contribution is -2.42. The predicted octanol–water partition coefficient (Wildman–Crippen LogP) is 3.44. The van der Waals surface area contributed by atoms with Gasteiger partial charge in [-0.05, 0) is 37.6 Å². The van der Waals surface area contributed by atoms with Gasteiger partial charge in [-0.3, -0.25) is 9.78 Å². The summed E-state index contributed by atoms with van der Waals surface area (Å²) in [5.74, 6) is 0.801. The molecular weight excluding hydrogens is 382 g/mol. The zero-order valence-corrected chi connectivity index (χ0v) is 16.8. The van der Waals surface area contributed by atoms with Crippen LogP contribution < -0.4 is 0 Å². The average Bonchev–Trinajstić information content (AvgIpc) is 3.39. The summed E-state index contributed by atoms with van der Waals surface area (Å²) in [4.78, 5) is 26.9. The molecule has 5 rings (SSSR count). The third-order valence-corrected chi connectivity index (χ3v) is 5.58. The Kier molecular flexibility index (Phi) is 4.55. The van der Waals surface area contributed by atoms with Gasteiger partial charge in [-0.15, -0.1) is 0 Å². The number of benzene rings is 1. The van der Waals surface area contributed by atoms with Crippen molar-refractivity contribution in [2.24, 2.45) is 0 Å². The van der Waals surface area contributed by atoms with Crippen LogP contribution in [0, 0.1) is 13.8 Å². The molecule has 0 saturated carbocycles. The molecule has 8 nitrogen and oxygen atoms in total. The number of pyridine rings is 1. The zero-order valence-electron chi connectivity index (χ0n) is 16.8. The van der Waals surface area contributed by atoms with Crippen molar-refractivity contribution >= 4 is 16.8 Å². The number of para-hydroxylation sites is 1. The Labute approximate surface area is 172 Å². The lowest BCUT2D eigenvalue weighted by molar-refractivity contribution is -0.0366. The summed E-state index contributed by atoms with van der Waals surface area (Å²) >= 11 is 0. The molecule has 0 spiro atoms. The van der Waals surface area contributed by atoms with E-state index < -0.39 is 6.10 Å². The van der Waals surface area contributed by atoms with Crippen molar-refractivity contribution in [3.63, 3.8) is 0 Å². The molecule has 1 aliphatic heterocycles. The largest absolute Gasteiger partial charge is 0.365 e.